The molecule has 0 saturated carbocycles. The van der Waals surface area contributed by atoms with Crippen LogP contribution in [0.5, 0.6) is 0 Å². The molecule has 1 N–H and O–H groups in total. The van der Waals surface area contributed by atoms with Crippen molar-refractivity contribution in [2.45, 2.75) is 19.8 Å². The van der Waals surface area contributed by atoms with Gasteiger partial charge < -0.3 is 9.73 Å². The second kappa shape index (κ2) is 5.77. The number of amides is 1. The van der Waals surface area contributed by atoms with E-state index in [1.165, 1.54) is 0 Å². The first-order chi connectivity index (χ1) is 8.65. The van der Waals surface area contributed by atoms with Crippen LogP contribution >= 0.6 is 15.9 Å². The summed E-state index contributed by atoms with van der Waals surface area (Å²) < 4.78 is 6.05. The van der Waals surface area contributed by atoms with E-state index in [0.29, 0.717) is 24.6 Å². The van der Waals surface area contributed by atoms with Gasteiger partial charge in [-0.05, 0) is 28.1 Å². The van der Waals surface area contributed by atoms with E-state index in [0.717, 1.165) is 10.2 Å². The minimum atomic E-state index is -0.0854. The van der Waals surface area contributed by atoms with E-state index in [-0.39, 0.29) is 5.91 Å². The Labute approximate surface area is 113 Å². The van der Waals surface area contributed by atoms with Crippen LogP contribution in [0.4, 0.5) is 5.69 Å². The smallest absolute Gasteiger partial charge is 0.224 e. The van der Waals surface area contributed by atoms with Crippen molar-refractivity contribution >= 4 is 27.5 Å². The molecule has 0 aliphatic heterocycles. The lowest BCUT2D eigenvalue weighted by Crippen LogP contribution is -2.12. The summed E-state index contributed by atoms with van der Waals surface area (Å²) in [6, 6.07) is 7.46. The molecule has 6 heteroatoms. The van der Waals surface area contributed by atoms with Gasteiger partial charge in [0.2, 0.25) is 17.7 Å². The predicted octanol–water partition coefficient (Wildman–Crippen LogP) is 2.71. The Bertz CT molecular complexity index is 554. The Morgan fingerprint density at radius 1 is 1.39 bits per heavy atom. The molecule has 0 bridgehead atoms. The van der Waals surface area contributed by atoms with Crippen LogP contribution in [0.3, 0.4) is 0 Å². The summed E-state index contributed by atoms with van der Waals surface area (Å²) in [7, 11) is 0. The highest BCUT2D eigenvalue weighted by Crippen LogP contribution is 2.21. The zero-order valence-electron chi connectivity index (χ0n) is 9.81. The van der Waals surface area contributed by atoms with Gasteiger partial charge in [-0.15, -0.1) is 10.2 Å². The van der Waals surface area contributed by atoms with Crippen molar-refractivity contribution in [3.8, 4) is 0 Å². The summed E-state index contributed by atoms with van der Waals surface area (Å²) in [5.41, 5.74) is 0.754. The van der Waals surface area contributed by atoms with E-state index < -0.39 is 0 Å². The lowest BCUT2D eigenvalue weighted by atomic mass is 10.2. The molecule has 0 radical (unpaired) electrons. The van der Waals surface area contributed by atoms with Gasteiger partial charge in [-0.25, -0.2) is 0 Å². The summed E-state index contributed by atoms with van der Waals surface area (Å²) >= 11 is 3.37. The van der Waals surface area contributed by atoms with E-state index in [9.17, 15) is 4.79 Å². The summed E-state index contributed by atoms with van der Waals surface area (Å²) in [6.07, 6.45) is 0.750. The van der Waals surface area contributed by atoms with Gasteiger partial charge in [-0.3, -0.25) is 4.79 Å². The maximum atomic E-state index is 11.7. The molecule has 0 fully saturated rings. The number of aryl methyl sites for hydroxylation is 2. The number of nitrogens with one attached hydrogen (secondary N) is 1. The second-order valence-electron chi connectivity index (χ2n) is 3.74. The summed E-state index contributed by atoms with van der Waals surface area (Å²) in [5.74, 6) is 0.906. The molecule has 1 aromatic carbocycles. The number of halogens is 1. The number of anilines is 1. The first-order valence-electron chi connectivity index (χ1n) is 5.48. The topological polar surface area (TPSA) is 68.0 Å². The Balaban J connectivity index is 1.88. The summed E-state index contributed by atoms with van der Waals surface area (Å²) in [6.45, 7) is 1.72. The molecular formula is C12H12BrN3O2. The van der Waals surface area contributed by atoms with Gasteiger partial charge in [0.05, 0.1) is 5.69 Å². The Hall–Kier alpha value is -1.69. The first kappa shape index (κ1) is 12.8. The Kier molecular flexibility index (Phi) is 4.09. The van der Waals surface area contributed by atoms with Crippen molar-refractivity contribution in [2.75, 3.05) is 5.32 Å². The summed E-state index contributed by atoms with van der Waals surface area (Å²) in [4.78, 5) is 11.7. The van der Waals surface area contributed by atoms with Crippen LogP contribution in [0, 0.1) is 6.92 Å². The number of carbonyl (C=O) groups excluding carboxylic acids is 1. The lowest BCUT2D eigenvalue weighted by Gasteiger charge is -2.05. The van der Waals surface area contributed by atoms with Crippen LogP contribution in [0.1, 0.15) is 18.2 Å². The highest BCUT2D eigenvalue weighted by molar-refractivity contribution is 9.10. The molecule has 5 nitrogen and oxygen atoms in total. The van der Waals surface area contributed by atoms with Gasteiger partial charge in [0.15, 0.2) is 0 Å². The van der Waals surface area contributed by atoms with E-state index in [4.69, 9.17) is 4.42 Å². The van der Waals surface area contributed by atoms with Crippen molar-refractivity contribution in [1.29, 1.82) is 0 Å². The third kappa shape index (κ3) is 3.40. The van der Waals surface area contributed by atoms with Gasteiger partial charge in [-0.1, -0.05) is 12.1 Å². The molecule has 0 aliphatic carbocycles. The highest BCUT2D eigenvalue weighted by atomic mass is 79.9. The van der Waals surface area contributed by atoms with Crippen molar-refractivity contribution in [3.05, 3.63) is 40.5 Å². The normalized spacial score (nSPS) is 10.3. The fraction of sp³-hybridized carbons (Fsp3) is 0.250. The fourth-order valence-corrected chi connectivity index (χ4v) is 1.82. The molecular weight excluding hydrogens is 298 g/mol. The largest absolute Gasteiger partial charge is 0.426 e. The van der Waals surface area contributed by atoms with Gasteiger partial charge in [0.25, 0.3) is 0 Å². The van der Waals surface area contributed by atoms with Crippen LogP contribution in [0.15, 0.2) is 33.2 Å². The lowest BCUT2D eigenvalue weighted by molar-refractivity contribution is -0.116. The Morgan fingerprint density at radius 3 is 2.83 bits per heavy atom. The number of hydrogen-bond donors (Lipinski definition) is 1. The number of rotatable bonds is 4. The first-order valence-corrected chi connectivity index (χ1v) is 6.28. The molecule has 94 valence electrons. The third-order valence-corrected chi connectivity index (χ3v) is 2.97. The van der Waals surface area contributed by atoms with Gasteiger partial charge in [-0.2, -0.15) is 0 Å². The summed E-state index contributed by atoms with van der Waals surface area (Å²) in [5, 5.41) is 10.4. The number of carbonyl (C=O) groups is 1. The quantitative estimate of drug-likeness (QED) is 0.943. The van der Waals surface area contributed by atoms with E-state index in [2.05, 4.69) is 31.4 Å². The molecule has 18 heavy (non-hydrogen) atoms. The average molecular weight is 310 g/mol. The molecule has 1 aromatic heterocycles. The molecule has 2 rings (SSSR count). The number of benzene rings is 1. The minimum absolute atomic E-state index is 0.0854. The SMILES string of the molecule is Cc1nnc(CCC(=O)Nc2ccccc2Br)o1. The van der Waals surface area contributed by atoms with E-state index >= 15 is 0 Å². The minimum Gasteiger partial charge on any atom is -0.426 e. The second-order valence-corrected chi connectivity index (χ2v) is 4.60. The Morgan fingerprint density at radius 2 is 2.17 bits per heavy atom. The van der Waals surface area contributed by atoms with Gasteiger partial charge in [0.1, 0.15) is 0 Å². The monoisotopic (exact) mass is 309 g/mol. The maximum absolute atomic E-state index is 11.7. The van der Waals surface area contributed by atoms with Crippen LogP contribution in [-0.2, 0) is 11.2 Å². The molecule has 0 saturated heterocycles. The molecule has 0 aliphatic rings. The van der Waals surface area contributed by atoms with Crippen molar-refractivity contribution in [1.82, 2.24) is 10.2 Å². The van der Waals surface area contributed by atoms with Crippen molar-refractivity contribution < 1.29 is 9.21 Å². The number of aromatic nitrogens is 2. The molecule has 1 heterocycles. The standard InChI is InChI=1S/C12H12BrN3O2/c1-8-15-16-12(18-8)7-6-11(17)14-10-5-3-2-4-9(10)13/h2-5H,6-7H2,1H3,(H,14,17). The van der Waals surface area contributed by atoms with Crippen LogP contribution in [0.25, 0.3) is 0 Å². The van der Waals surface area contributed by atoms with Crippen molar-refractivity contribution in [3.63, 3.8) is 0 Å². The van der Waals surface area contributed by atoms with Crippen LogP contribution in [-0.4, -0.2) is 16.1 Å². The number of hydrogen-bond acceptors (Lipinski definition) is 4. The third-order valence-electron chi connectivity index (χ3n) is 2.28. The molecule has 1 amide bonds. The van der Waals surface area contributed by atoms with Gasteiger partial charge >= 0.3 is 0 Å². The fourth-order valence-electron chi connectivity index (χ4n) is 1.43. The highest BCUT2D eigenvalue weighted by Gasteiger charge is 2.08. The van der Waals surface area contributed by atoms with E-state index in [1.807, 2.05) is 24.3 Å². The molecule has 0 unspecified atom stereocenters. The van der Waals surface area contributed by atoms with E-state index in [1.54, 1.807) is 6.92 Å². The molecule has 0 atom stereocenters. The predicted molar refractivity (Wildman–Crippen MR) is 70.1 cm³/mol. The van der Waals surface area contributed by atoms with Crippen LogP contribution in [0.2, 0.25) is 0 Å². The number of nitrogens with zero attached hydrogens (tertiary/aromatic N) is 2. The van der Waals surface area contributed by atoms with Gasteiger partial charge in [0, 0.05) is 24.2 Å². The zero-order valence-corrected chi connectivity index (χ0v) is 11.4. The maximum Gasteiger partial charge on any atom is 0.224 e. The molecule has 2 aromatic rings. The number of para-hydroxylation sites is 1. The van der Waals surface area contributed by atoms with Crippen molar-refractivity contribution in [2.24, 2.45) is 0 Å². The van der Waals surface area contributed by atoms with Crippen LogP contribution < -0.4 is 5.32 Å². The molecule has 0 spiro atoms. The zero-order chi connectivity index (χ0) is 13.0. The average Bonchev–Trinajstić information content (AvgIpc) is 2.76.